The van der Waals surface area contributed by atoms with E-state index in [2.05, 4.69) is 15.4 Å². The van der Waals surface area contributed by atoms with Crippen LogP contribution in [0.15, 0.2) is 41.3 Å². The zero-order valence-corrected chi connectivity index (χ0v) is 16.2. The molecule has 0 unspecified atom stereocenters. The zero-order chi connectivity index (χ0) is 19.8. The van der Waals surface area contributed by atoms with E-state index in [4.69, 9.17) is 4.74 Å². The Hall–Kier alpha value is -2.93. The molecule has 150 valence electrons. The third-order valence-corrected chi connectivity index (χ3v) is 6.08. The van der Waals surface area contributed by atoms with Crippen molar-refractivity contribution in [3.8, 4) is 0 Å². The van der Waals surface area contributed by atoms with Gasteiger partial charge in [0, 0.05) is 41.2 Å². The van der Waals surface area contributed by atoms with Gasteiger partial charge in [0.05, 0.1) is 30.5 Å². The number of ether oxygens (including phenoxy) is 1. The number of fused-ring (bicyclic) bond motifs is 2. The molecule has 0 bridgehead atoms. The molecule has 3 aromatic rings. The number of carbonyl (C=O) groups excluding carboxylic acids is 1. The van der Waals surface area contributed by atoms with Gasteiger partial charge in [0.15, 0.2) is 0 Å². The number of para-hydroxylation sites is 1. The summed E-state index contributed by atoms with van der Waals surface area (Å²) in [7, 11) is 0. The van der Waals surface area contributed by atoms with E-state index in [1.165, 1.54) is 0 Å². The second-order valence-corrected chi connectivity index (χ2v) is 7.93. The van der Waals surface area contributed by atoms with Crippen LogP contribution in [-0.4, -0.2) is 33.3 Å². The van der Waals surface area contributed by atoms with Crippen LogP contribution in [0.25, 0.3) is 10.9 Å². The number of carbonyl (C=O) groups is 1. The molecule has 2 aliphatic rings. The van der Waals surface area contributed by atoms with Gasteiger partial charge < -0.3 is 15.0 Å². The van der Waals surface area contributed by atoms with Crippen molar-refractivity contribution in [2.45, 2.75) is 50.8 Å². The number of aromatic amines is 1. The average Bonchev–Trinajstić information content (AvgIpc) is 3.18. The maximum Gasteiger partial charge on any atom is 0.267 e. The third-order valence-electron chi connectivity index (χ3n) is 6.08. The SMILES string of the molecule is O=C(NC1CCC(n2nc3c(cc2=O)COCC3)CC1)c1c[nH]c2ccccc12. The lowest BCUT2D eigenvalue weighted by Crippen LogP contribution is -2.40. The van der Waals surface area contributed by atoms with Gasteiger partial charge in [-0.3, -0.25) is 9.59 Å². The molecule has 1 saturated carbocycles. The van der Waals surface area contributed by atoms with Crippen molar-refractivity contribution in [3.63, 3.8) is 0 Å². The van der Waals surface area contributed by atoms with Gasteiger partial charge in [-0.05, 0) is 31.7 Å². The Morgan fingerprint density at radius 3 is 2.90 bits per heavy atom. The molecule has 0 spiro atoms. The second kappa shape index (κ2) is 7.48. The van der Waals surface area contributed by atoms with Crippen molar-refractivity contribution >= 4 is 16.8 Å². The largest absolute Gasteiger partial charge is 0.376 e. The van der Waals surface area contributed by atoms with Crippen LogP contribution in [0.1, 0.15) is 53.3 Å². The van der Waals surface area contributed by atoms with Gasteiger partial charge in [0.25, 0.3) is 11.5 Å². The summed E-state index contributed by atoms with van der Waals surface area (Å²) in [6.07, 6.45) is 5.87. The van der Waals surface area contributed by atoms with E-state index in [1.54, 1.807) is 16.9 Å². The fourth-order valence-electron chi connectivity index (χ4n) is 4.48. The number of nitrogens with one attached hydrogen (secondary N) is 2. The van der Waals surface area contributed by atoms with E-state index >= 15 is 0 Å². The summed E-state index contributed by atoms with van der Waals surface area (Å²) in [5, 5.41) is 8.73. The Morgan fingerprint density at radius 1 is 1.21 bits per heavy atom. The fourth-order valence-corrected chi connectivity index (χ4v) is 4.48. The van der Waals surface area contributed by atoms with Crippen LogP contribution in [0.2, 0.25) is 0 Å². The van der Waals surface area contributed by atoms with Crippen molar-refractivity contribution in [1.82, 2.24) is 20.1 Å². The highest BCUT2D eigenvalue weighted by molar-refractivity contribution is 6.06. The minimum absolute atomic E-state index is 0.0463. The molecule has 1 amide bonds. The molecule has 0 atom stereocenters. The van der Waals surface area contributed by atoms with E-state index < -0.39 is 0 Å². The summed E-state index contributed by atoms with van der Waals surface area (Å²) in [6, 6.07) is 9.70. The number of H-pyrrole nitrogens is 1. The highest BCUT2D eigenvalue weighted by Crippen LogP contribution is 2.28. The fraction of sp³-hybridized carbons (Fsp3) is 0.409. The van der Waals surface area contributed by atoms with Crippen molar-refractivity contribution in [1.29, 1.82) is 0 Å². The van der Waals surface area contributed by atoms with E-state index in [-0.39, 0.29) is 23.6 Å². The first-order chi connectivity index (χ1) is 14.2. The predicted molar refractivity (Wildman–Crippen MR) is 109 cm³/mol. The van der Waals surface area contributed by atoms with E-state index in [1.807, 2.05) is 24.3 Å². The molecule has 29 heavy (non-hydrogen) atoms. The zero-order valence-electron chi connectivity index (χ0n) is 16.2. The average molecular weight is 392 g/mol. The molecule has 3 heterocycles. The quantitative estimate of drug-likeness (QED) is 0.717. The van der Waals surface area contributed by atoms with Gasteiger partial charge in [-0.1, -0.05) is 18.2 Å². The van der Waals surface area contributed by atoms with Crippen molar-refractivity contribution < 1.29 is 9.53 Å². The van der Waals surface area contributed by atoms with Crippen LogP contribution in [0, 0.1) is 0 Å². The molecular weight excluding hydrogens is 368 g/mol. The molecule has 5 rings (SSSR count). The van der Waals surface area contributed by atoms with Gasteiger partial charge in [-0.25, -0.2) is 4.68 Å². The first-order valence-electron chi connectivity index (χ1n) is 10.3. The van der Waals surface area contributed by atoms with Crippen LogP contribution in [0.4, 0.5) is 0 Å². The summed E-state index contributed by atoms with van der Waals surface area (Å²) in [4.78, 5) is 28.4. The van der Waals surface area contributed by atoms with Crippen molar-refractivity contribution in [3.05, 3.63) is 63.7 Å². The van der Waals surface area contributed by atoms with Gasteiger partial charge >= 0.3 is 0 Å². The molecule has 1 aromatic carbocycles. The predicted octanol–water partition coefficient (Wildman–Crippen LogP) is 2.71. The van der Waals surface area contributed by atoms with Crippen LogP contribution >= 0.6 is 0 Å². The molecule has 1 aliphatic carbocycles. The lowest BCUT2D eigenvalue weighted by molar-refractivity contribution is 0.0922. The minimum atomic E-state index is -0.0551. The first-order valence-corrected chi connectivity index (χ1v) is 10.3. The van der Waals surface area contributed by atoms with Crippen LogP contribution < -0.4 is 10.9 Å². The number of nitrogens with zero attached hydrogens (tertiary/aromatic N) is 2. The molecule has 7 heteroatoms. The maximum absolute atomic E-state index is 12.7. The summed E-state index contributed by atoms with van der Waals surface area (Å²) >= 11 is 0. The molecule has 7 nitrogen and oxygen atoms in total. The summed E-state index contributed by atoms with van der Waals surface area (Å²) in [5.41, 5.74) is 3.48. The van der Waals surface area contributed by atoms with E-state index in [0.29, 0.717) is 18.8 Å². The molecule has 2 N–H and O–H groups in total. The normalized spacial score (nSPS) is 21.7. The smallest absolute Gasteiger partial charge is 0.267 e. The number of benzene rings is 1. The summed E-state index contributed by atoms with van der Waals surface area (Å²) in [6.45, 7) is 1.13. The Kier molecular flexibility index (Phi) is 4.67. The van der Waals surface area contributed by atoms with E-state index in [0.717, 1.165) is 54.3 Å². The molecule has 0 saturated heterocycles. The number of hydrogen-bond acceptors (Lipinski definition) is 4. The van der Waals surface area contributed by atoms with Crippen molar-refractivity contribution in [2.24, 2.45) is 0 Å². The number of hydrogen-bond donors (Lipinski definition) is 2. The van der Waals surface area contributed by atoms with Gasteiger partial charge in [0.1, 0.15) is 0 Å². The molecule has 0 radical (unpaired) electrons. The third kappa shape index (κ3) is 3.46. The van der Waals surface area contributed by atoms with E-state index in [9.17, 15) is 9.59 Å². The van der Waals surface area contributed by atoms with Crippen LogP contribution in [0.5, 0.6) is 0 Å². The number of aromatic nitrogens is 3. The lowest BCUT2D eigenvalue weighted by Gasteiger charge is -2.30. The van der Waals surface area contributed by atoms with Crippen LogP contribution in [-0.2, 0) is 17.8 Å². The highest BCUT2D eigenvalue weighted by Gasteiger charge is 2.26. The lowest BCUT2D eigenvalue weighted by atomic mass is 9.91. The standard InChI is InChI=1S/C22H24N4O3/c27-21-11-14-13-29-10-9-19(14)25-26(21)16-7-5-15(6-8-16)24-22(28)18-12-23-20-4-2-1-3-17(18)20/h1-4,11-12,15-16,23H,5-10,13H2,(H,24,28). The first kappa shape index (κ1) is 18.1. The Balaban J connectivity index is 1.25. The van der Waals surface area contributed by atoms with Crippen LogP contribution in [0.3, 0.4) is 0 Å². The second-order valence-electron chi connectivity index (χ2n) is 7.93. The van der Waals surface area contributed by atoms with Gasteiger partial charge in [0.2, 0.25) is 0 Å². The minimum Gasteiger partial charge on any atom is -0.376 e. The summed E-state index contributed by atoms with van der Waals surface area (Å²) < 4.78 is 7.07. The monoisotopic (exact) mass is 392 g/mol. The Morgan fingerprint density at radius 2 is 2.03 bits per heavy atom. The maximum atomic E-state index is 12.7. The topological polar surface area (TPSA) is 89.0 Å². The Bertz CT molecular complexity index is 1110. The van der Waals surface area contributed by atoms with Gasteiger partial charge in [-0.15, -0.1) is 0 Å². The number of rotatable bonds is 3. The Labute approximate surface area is 168 Å². The molecular formula is C22H24N4O3. The molecule has 1 aliphatic heterocycles. The van der Waals surface area contributed by atoms with Gasteiger partial charge in [-0.2, -0.15) is 5.10 Å². The summed E-state index contributed by atoms with van der Waals surface area (Å²) in [5.74, 6) is -0.0463. The molecule has 1 fully saturated rings. The van der Waals surface area contributed by atoms with Crippen molar-refractivity contribution in [2.75, 3.05) is 6.61 Å². The number of amides is 1. The molecule has 2 aromatic heterocycles. The highest BCUT2D eigenvalue weighted by atomic mass is 16.5.